The molecule has 54 heavy (non-hydrogen) atoms. The van der Waals surface area contributed by atoms with Crippen molar-refractivity contribution in [3.05, 3.63) is 119 Å². The SMILES string of the molecule is COc1ccc(OC)c(C=Cc2ccc(N3C(=O)C4CC=C5C(CC6C(=O)N(c7ccccc7)C(=O)C6(C)C5c5ccc(O)cc5OC)C4C3=O)cc2)c1. The third kappa shape index (κ3) is 5.30. The number of carbonyl (C=O) groups is 4. The Bertz CT molecular complexity index is 2250. The molecular weight excluding hydrogens is 684 g/mol. The van der Waals surface area contributed by atoms with Crippen LogP contribution in [0.25, 0.3) is 12.2 Å². The third-order valence-electron chi connectivity index (χ3n) is 11.9. The molecule has 4 aliphatic rings. The number of nitrogens with zero attached hydrogens (tertiary/aromatic N) is 2. The molecule has 8 rings (SSSR count). The number of aromatic hydroxyl groups is 1. The third-order valence-corrected chi connectivity index (χ3v) is 11.9. The van der Waals surface area contributed by atoms with E-state index in [-0.39, 0.29) is 35.8 Å². The Morgan fingerprint density at radius 3 is 2.15 bits per heavy atom. The minimum atomic E-state index is -1.23. The molecule has 0 aromatic heterocycles. The molecule has 10 heteroatoms. The predicted molar refractivity (Wildman–Crippen MR) is 203 cm³/mol. The van der Waals surface area contributed by atoms with E-state index >= 15 is 0 Å². The molecule has 2 heterocycles. The van der Waals surface area contributed by atoms with Crippen molar-refractivity contribution in [2.24, 2.45) is 29.1 Å². The number of ether oxygens (including phenoxy) is 3. The van der Waals surface area contributed by atoms with E-state index < -0.39 is 35.0 Å². The van der Waals surface area contributed by atoms with E-state index in [2.05, 4.69) is 0 Å². The Balaban J connectivity index is 1.14. The highest BCUT2D eigenvalue weighted by Gasteiger charge is 2.68. The summed E-state index contributed by atoms with van der Waals surface area (Å²) in [5, 5.41) is 10.4. The van der Waals surface area contributed by atoms with Gasteiger partial charge in [-0.25, -0.2) is 4.90 Å². The molecule has 4 aromatic carbocycles. The zero-order valence-corrected chi connectivity index (χ0v) is 30.4. The van der Waals surface area contributed by atoms with Crippen molar-refractivity contribution in [1.29, 1.82) is 0 Å². The number of methoxy groups -OCH3 is 3. The minimum Gasteiger partial charge on any atom is -0.508 e. The molecule has 0 radical (unpaired) electrons. The van der Waals surface area contributed by atoms with Crippen molar-refractivity contribution in [3.8, 4) is 23.0 Å². The summed E-state index contributed by atoms with van der Waals surface area (Å²) in [6, 6.07) is 26.4. The van der Waals surface area contributed by atoms with Gasteiger partial charge in [-0.3, -0.25) is 24.1 Å². The maximum Gasteiger partial charge on any atom is 0.241 e. The normalized spacial score (nSPS) is 26.1. The highest BCUT2D eigenvalue weighted by Crippen LogP contribution is 2.64. The van der Waals surface area contributed by atoms with Crippen LogP contribution in [-0.4, -0.2) is 50.1 Å². The second-order valence-electron chi connectivity index (χ2n) is 14.5. The molecule has 2 saturated heterocycles. The van der Waals surface area contributed by atoms with Crippen LogP contribution in [0.3, 0.4) is 0 Å². The number of carbonyl (C=O) groups excluding carboxylic acids is 4. The van der Waals surface area contributed by atoms with Crippen molar-refractivity contribution in [1.82, 2.24) is 0 Å². The first-order valence-electron chi connectivity index (χ1n) is 18.0. The van der Waals surface area contributed by atoms with Crippen molar-refractivity contribution in [3.63, 3.8) is 0 Å². The van der Waals surface area contributed by atoms with E-state index in [9.17, 15) is 24.3 Å². The fraction of sp³-hybridized carbons (Fsp3) is 0.273. The lowest BCUT2D eigenvalue weighted by Gasteiger charge is -2.49. The molecule has 1 N–H and O–H groups in total. The van der Waals surface area contributed by atoms with Crippen LogP contribution >= 0.6 is 0 Å². The topological polar surface area (TPSA) is 123 Å². The van der Waals surface area contributed by atoms with Crippen molar-refractivity contribution in [2.75, 3.05) is 31.1 Å². The molecule has 274 valence electrons. The summed E-state index contributed by atoms with van der Waals surface area (Å²) in [6.45, 7) is 1.83. The maximum atomic E-state index is 14.6. The summed E-state index contributed by atoms with van der Waals surface area (Å²) in [5.74, 6) is -2.76. The highest BCUT2D eigenvalue weighted by atomic mass is 16.5. The minimum absolute atomic E-state index is 0.00386. The van der Waals surface area contributed by atoms with Gasteiger partial charge >= 0.3 is 0 Å². The lowest BCUT2D eigenvalue weighted by atomic mass is 9.51. The van der Waals surface area contributed by atoms with Gasteiger partial charge in [0, 0.05) is 23.1 Å². The largest absolute Gasteiger partial charge is 0.508 e. The van der Waals surface area contributed by atoms with E-state index in [1.807, 2.05) is 61.5 Å². The number of rotatable bonds is 8. The molecule has 10 nitrogen and oxygen atoms in total. The van der Waals surface area contributed by atoms with Gasteiger partial charge in [-0.15, -0.1) is 0 Å². The number of hydrogen-bond acceptors (Lipinski definition) is 8. The highest BCUT2D eigenvalue weighted by molar-refractivity contribution is 6.25. The quantitative estimate of drug-likeness (QED) is 0.117. The summed E-state index contributed by atoms with van der Waals surface area (Å²) in [4.78, 5) is 60.3. The second-order valence-corrected chi connectivity index (χ2v) is 14.5. The van der Waals surface area contributed by atoms with Crippen molar-refractivity contribution >= 4 is 47.2 Å². The number of imide groups is 2. The van der Waals surface area contributed by atoms with Crippen molar-refractivity contribution < 1.29 is 38.5 Å². The number of anilines is 2. The number of phenols is 1. The Morgan fingerprint density at radius 2 is 1.44 bits per heavy atom. The number of para-hydroxylation sites is 1. The summed E-state index contributed by atoms with van der Waals surface area (Å²) < 4.78 is 16.6. The van der Waals surface area contributed by atoms with E-state index in [4.69, 9.17) is 14.2 Å². The van der Waals surface area contributed by atoms with Crippen LogP contribution in [-0.2, 0) is 19.2 Å². The first kappa shape index (κ1) is 34.9. The van der Waals surface area contributed by atoms with Gasteiger partial charge in [0.25, 0.3) is 0 Å². The molecule has 2 aliphatic carbocycles. The van der Waals surface area contributed by atoms with Crippen LogP contribution in [0.4, 0.5) is 11.4 Å². The van der Waals surface area contributed by atoms with Crippen molar-refractivity contribution in [2.45, 2.75) is 25.7 Å². The number of fused-ring (bicyclic) bond motifs is 4. The van der Waals surface area contributed by atoms with E-state index in [1.165, 1.54) is 23.0 Å². The number of benzene rings is 4. The molecule has 4 amide bonds. The van der Waals surface area contributed by atoms with Gasteiger partial charge in [-0.2, -0.15) is 0 Å². The molecule has 1 saturated carbocycles. The molecule has 6 unspecified atom stereocenters. The van der Waals surface area contributed by atoms with Crippen LogP contribution in [0.2, 0.25) is 0 Å². The molecular formula is C44H40N2O8. The predicted octanol–water partition coefficient (Wildman–Crippen LogP) is 7.02. The molecule has 6 atom stereocenters. The standard InChI is InChI=1S/C44H40N2O8/c1-44-35(41(49)46(43(44)51)27-8-6-5-7-9-27)24-34-31(39(44)32-18-16-29(47)23-37(32)54-4)19-20-33-38(34)42(50)45(40(33)48)28-14-11-25(12-15-28)10-13-26-22-30(52-2)17-21-36(26)53-3/h5-19,21-23,33-35,38-39,47H,20,24H2,1-4H3. The van der Waals surface area contributed by atoms with Crippen LogP contribution in [0.15, 0.2) is 103 Å². The molecule has 0 spiro atoms. The van der Waals surface area contributed by atoms with E-state index in [0.717, 1.165) is 16.7 Å². The fourth-order valence-electron chi connectivity index (χ4n) is 9.27. The van der Waals surface area contributed by atoms with Gasteiger partial charge in [-0.05, 0) is 79.8 Å². The monoisotopic (exact) mass is 724 g/mol. The summed E-state index contributed by atoms with van der Waals surface area (Å²) in [5.41, 5.74) is 2.89. The first-order chi connectivity index (χ1) is 26.1. The van der Waals surface area contributed by atoms with Gasteiger partial charge < -0.3 is 19.3 Å². The van der Waals surface area contributed by atoms with Crippen LogP contribution < -0.4 is 24.0 Å². The Kier molecular flexibility index (Phi) is 8.63. The molecule has 4 aromatic rings. The van der Waals surface area contributed by atoms with E-state index in [0.29, 0.717) is 40.6 Å². The van der Waals surface area contributed by atoms with Crippen LogP contribution in [0.1, 0.15) is 42.4 Å². The lowest BCUT2D eigenvalue weighted by Crippen LogP contribution is -2.49. The lowest BCUT2D eigenvalue weighted by molar-refractivity contribution is -0.131. The molecule has 3 fully saturated rings. The number of phenolic OH excluding ortho intramolecular Hbond substituents is 1. The van der Waals surface area contributed by atoms with Gasteiger partial charge in [0.15, 0.2) is 0 Å². The number of amides is 4. The average Bonchev–Trinajstić information content (AvgIpc) is 3.56. The van der Waals surface area contributed by atoms with Crippen LogP contribution in [0.5, 0.6) is 23.0 Å². The maximum absolute atomic E-state index is 14.6. The van der Waals surface area contributed by atoms with Gasteiger partial charge in [0.1, 0.15) is 23.0 Å². The summed E-state index contributed by atoms with van der Waals surface area (Å²) in [6.07, 6.45) is 6.37. The molecule has 2 aliphatic heterocycles. The van der Waals surface area contributed by atoms with Crippen LogP contribution in [0, 0.1) is 29.1 Å². The van der Waals surface area contributed by atoms with Gasteiger partial charge in [-0.1, -0.05) is 60.2 Å². The average molecular weight is 725 g/mol. The number of allylic oxidation sites excluding steroid dienone is 2. The molecule has 0 bridgehead atoms. The summed E-state index contributed by atoms with van der Waals surface area (Å²) in [7, 11) is 4.71. The zero-order chi connectivity index (χ0) is 37.9. The van der Waals surface area contributed by atoms with E-state index in [1.54, 1.807) is 62.8 Å². The zero-order valence-electron chi connectivity index (χ0n) is 30.4. The Labute approximate surface area is 313 Å². The van der Waals surface area contributed by atoms with Gasteiger partial charge in [0.2, 0.25) is 23.6 Å². The Morgan fingerprint density at radius 1 is 0.722 bits per heavy atom. The fourth-order valence-corrected chi connectivity index (χ4v) is 9.27. The van der Waals surface area contributed by atoms with Gasteiger partial charge in [0.05, 0.1) is 55.9 Å². The first-order valence-corrected chi connectivity index (χ1v) is 18.0. The smallest absolute Gasteiger partial charge is 0.241 e. The Hall–Kier alpha value is -6.16. The summed E-state index contributed by atoms with van der Waals surface area (Å²) >= 11 is 0. The number of hydrogen-bond donors (Lipinski definition) is 1. The second kappa shape index (κ2) is 13.4.